The third-order valence-corrected chi connectivity index (χ3v) is 3.82. The number of anilines is 1. The van der Waals surface area contributed by atoms with E-state index in [1.165, 1.54) is 12.1 Å². The summed E-state index contributed by atoms with van der Waals surface area (Å²) < 4.78 is 4.98. The summed E-state index contributed by atoms with van der Waals surface area (Å²) >= 11 is 5.71. The Morgan fingerprint density at radius 3 is 2.64 bits per heavy atom. The van der Waals surface area contributed by atoms with Crippen molar-refractivity contribution < 1.29 is 19.2 Å². The molecule has 25 heavy (non-hydrogen) atoms. The molecule has 0 bridgehead atoms. The minimum Gasteiger partial charge on any atom is -0.452 e. The maximum absolute atomic E-state index is 12.1. The molecule has 1 amide bonds. The molecule has 0 aliphatic carbocycles. The van der Waals surface area contributed by atoms with Gasteiger partial charge in [-0.05, 0) is 43.2 Å². The summed E-state index contributed by atoms with van der Waals surface area (Å²) in [6.07, 6.45) is 0. The molecule has 7 nitrogen and oxygen atoms in total. The van der Waals surface area contributed by atoms with Crippen molar-refractivity contribution in [3.05, 3.63) is 68.2 Å². The van der Waals surface area contributed by atoms with Gasteiger partial charge in [0.25, 0.3) is 11.6 Å². The zero-order chi connectivity index (χ0) is 18.6. The SMILES string of the molecule is Cc1cccc(C(=O)OCC(=O)Nc2ccc(Cl)cc2[N+](=O)[O-])c1C. The van der Waals surface area contributed by atoms with Gasteiger partial charge in [0, 0.05) is 11.1 Å². The average molecular weight is 363 g/mol. The van der Waals surface area contributed by atoms with Crippen molar-refractivity contribution in [1.82, 2.24) is 0 Å². The number of nitrogens with one attached hydrogen (secondary N) is 1. The molecule has 0 spiro atoms. The Bertz CT molecular complexity index is 851. The standard InChI is InChI=1S/C17H15ClN2O5/c1-10-4-3-5-13(11(10)2)17(22)25-9-16(21)19-14-7-6-12(18)8-15(14)20(23)24/h3-8H,9H2,1-2H3,(H,19,21). The molecule has 0 radical (unpaired) electrons. The summed E-state index contributed by atoms with van der Waals surface area (Å²) in [5.74, 6) is -1.33. The lowest BCUT2D eigenvalue weighted by molar-refractivity contribution is -0.383. The van der Waals surface area contributed by atoms with Gasteiger partial charge in [-0.2, -0.15) is 0 Å². The summed E-state index contributed by atoms with van der Waals surface area (Å²) in [5, 5.41) is 13.5. The summed E-state index contributed by atoms with van der Waals surface area (Å²) in [6, 6.07) is 9.03. The molecular weight excluding hydrogens is 348 g/mol. The number of carbonyl (C=O) groups excluding carboxylic acids is 2. The highest BCUT2D eigenvalue weighted by molar-refractivity contribution is 6.31. The van der Waals surface area contributed by atoms with Crippen LogP contribution in [-0.4, -0.2) is 23.4 Å². The van der Waals surface area contributed by atoms with Gasteiger partial charge in [0.1, 0.15) is 5.69 Å². The number of carbonyl (C=O) groups is 2. The lowest BCUT2D eigenvalue weighted by atomic mass is 10.0. The molecule has 0 aliphatic heterocycles. The van der Waals surface area contributed by atoms with Gasteiger partial charge in [-0.25, -0.2) is 4.79 Å². The molecule has 0 saturated heterocycles. The maximum Gasteiger partial charge on any atom is 0.338 e. The molecule has 8 heteroatoms. The summed E-state index contributed by atoms with van der Waals surface area (Å²) in [4.78, 5) is 34.3. The number of halogens is 1. The highest BCUT2D eigenvalue weighted by Gasteiger charge is 2.18. The van der Waals surface area contributed by atoms with Crippen LogP contribution in [0.15, 0.2) is 36.4 Å². The minimum absolute atomic E-state index is 0.0258. The number of esters is 1. The van der Waals surface area contributed by atoms with Crippen LogP contribution in [0.3, 0.4) is 0 Å². The van der Waals surface area contributed by atoms with E-state index in [-0.39, 0.29) is 16.4 Å². The first kappa shape index (κ1) is 18.4. The fourth-order valence-corrected chi connectivity index (χ4v) is 2.30. The zero-order valence-electron chi connectivity index (χ0n) is 13.5. The second-order valence-electron chi connectivity index (χ2n) is 5.29. The molecule has 0 aliphatic rings. The number of benzene rings is 2. The smallest absolute Gasteiger partial charge is 0.338 e. The molecule has 1 N–H and O–H groups in total. The number of nitro groups is 1. The fraction of sp³-hybridized carbons (Fsp3) is 0.176. The fourth-order valence-electron chi connectivity index (χ4n) is 2.13. The van der Waals surface area contributed by atoms with Gasteiger partial charge in [0.15, 0.2) is 6.61 Å². The second-order valence-corrected chi connectivity index (χ2v) is 5.73. The molecular formula is C17H15ClN2O5. The van der Waals surface area contributed by atoms with E-state index in [1.807, 2.05) is 13.0 Å². The predicted octanol–water partition coefficient (Wildman–Crippen LogP) is 3.66. The normalized spacial score (nSPS) is 10.2. The Hall–Kier alpha value is -2.93. The van der Waals surface area contributed by atoms with E-state index in [4.69, 9.17) is 16.3 Å². The lowest BCUT2D eigenvalue weighted by Gasteiger charge is -2.09. The van der Waals surface area contributed by atoms with Crippen molar-refractivity contribution in [1.29, 1.82) is 0 Å². The van der Waals surface area contributed by atoms with Crippen LogP contribution in [0.5, 0.6) is 0 Å². The van der Waals surface area contributed by atoms with Crippen molar-refractivity contribution in [3.63, 3.8) is 0 Å². The Balaban J connectivity index is 2.03. The summed E-state index contributed by atoms with van der Waals surface area (Å²) in [6.45, 7) is 3.08. The average Bonchev–Trinajstić information content (AvgIpc) is 2.56. The van der Waals surface area contributed by atoms with E-state index >= 15 is 0 Å². The summed E-state index contributed by atoms with van der Waals surface area (Å²) in [5.41, 5.74) is 1.69. The monoisotopic (exact) mass is 362 g/mol. The Kier molecular flexibility index (Phi) is 5.71. The molecule has 0 atom stereocenters. The molecule has 2 aromatic rings. The lowest BCUT2D eigenvalue weighted by Crippen LogP contribution is -2.21. The number of hydrogen-bond donors (Lipinski definition) is 1. The number of ether oxygens (including phenoxy) is 1. The van der Waals surface area contributed by atoms with Crippen molar-refractivity contribution in [2.75, 3.05) is 11.9 Å². The number of nitro benzene ring substituents is 1. The van der Waals surface area contributed by atoms with E-state index in [1.54, 1.807) is 19.1 Å². The highest BCUT2D eigenvalue weighted by Crippen LogP contribution is 2.27. The van der Waals surface area contributed by atoms with Crippen LogP contribution in [0.4, 0.5) is 11.4 Å². The van der Waals surface area contributed by atoms with Gasteiger partial charge in [-0.3, -0.25) is 14.9 Å². The molecule has 0 heterocycles. The van der Waals surface area contributed by atoms with Crippen LogP contribution in [0.2, 0.25) is 5.02 Å². The van der Waals surface area contributed by atoms with Crippen LogP contribution in [-0.2, 0) is 9.53 Å². The summed E-state index contributed by atoms with van der Waals surface area (Å²) in [7, 11) is 0. The molecule has 0 unspecified atom stereocenters. The molecule has 2 aromatic carbocycles. The van der Waals surface area contributed by atoms with Crippen LogP contribution in [0.25, 0.3) is 0 Å². The first-order valence-corrected chi connectivity index (χ1v) is 7.64. The van der Waals surface area contributed by atoms with Crippen LogP contribution in [0.1, 0.15) is 21.5 Å². The van der Waals surface area contributed by atoms with Gasteiger partial charge in [-0.1, -0.05) is 23.7 Å². The van der Waals surface area contributed by atoms with E-state index in [2.05, 4.69) is 5.32 Å². The van der Waals surface area contributed by atoms with Gasteiger partial charge < -0.3 is 10.1 Å². The van der Waals surface area contributed by atoms with E-state index < -0.39 is 23.4 Å². The quantitative estimate of drug-likeness (QED) is 0.497. The number of hydrogen-bond acceptors (Lipinski definition) is 5. The first-order valence-electron chi connectivity index (χ1n) is 7.26. The largest absolute Gasteiger partial charge is 0.452 e. The maximum atomic E-state index is 12.1. The van der Waals surface area contributed by atoms with Crippen molar-refractivity contribution in [2.24, 2.45) is 0 Å². The van der Waals surface area contributed by atoms with Crippen LogP contribution in [0, 0.1) is 24.0 Å². The van der Waals surface area contributed by atoms with E-state index in [0.29, 0.717) is 5.56 Å². The van der Waals surface area contributed by atoms with Crippen molar-refractivity contribution in [2.45, 2.75) is 13.8 Å². The van der Waals surface area contributed by atoms with E-state index in [9.17, 15) is 19.7 Å². The Morgan fingerprint density at radius 2 is 1.96 bits per heavy atom. The first-order chi connectivity index (χ1) is 11.8. The van der Waals surface area contributed by atoms with Crippen LogP contribution >= 0.6 is 11.6 Å². The second kappa shape index (κ2) is 7.76. The zero-order valence-corrected chi connectivity index (χ0v) is 14.3. The number of rotatable bonds is 5. The van der Waals surface area contributed by atoms with Crippen molar-refractivity contribution in [3.8, 4) is 0 Å². The predicted molar refractivity (Wildman–Crippen MR) is 92.9 cm³/mol. The van der Waals surface area contributed by atoms with E-state index in [0.717, 1.165) is 17.2 Å². The molecule has 0 fully saturated rings. The topological polar surface area (TPSA) is 98.5 Å². The number of aryl methyl sites for hydroxylation is 1. The molecule has 0 aromatic heterocycles. The third kappa shape index (κ3) is 4.54. The Morgan fingerprint density at radius 1 is 1.24 bits per heavy atom. The number of nitrogens with zero attached hydrogens (tertiary/aromatic N) is 1. The molecule has 130 valence electrons. The third-order valence-electron chi connectivity index (χ3n) is 3.59. The number of amides is 1. The van der Waals surface area contributed by atoms with Crippen molar-refractivity contribution >= 4 is 34.9 Å². The Labute approximate surface area is 148 Å². The minimum atomic E-state index is -0.691. The van der Waals surface area contributed by atoms with Gasteiger partial charge >= 0.3 is 5.97 Å². The van der Waals surface area contributed by atoms with Crippen LogP contribution < -0.4 is 5.32 Å². The molecule has 0 saturated carbocycles. The van der Waals surface area contributed by atoms with Gasteiger partial charge in [0.05, 0.1) is 10.5 Å². The van der Waals surface area contributed by atoms with Gasteiger partial charge in [0.2, 0.25) is 0 Å². The molecule has 2 rings (SSSR count). The highest BCUT2D eigenvalue weighted by atomic mass is 35.5. The van der Waals surface area contributed by atoms with Gasteiger partial charge in [-0.15, -0.1) is 0 Å².